The molecule has 0 aliphatic heterocycles. The molecule has 2 N–H and O–H groups in total. The van der Waals surface area contributed by atoms with Crippen molar-refractivity contribution in [3.05, 3.63) is 0 Å². The van der Waals surface area contributed by atoms with Gasteiger partial charge in [0.05, 0.1) is 50.1 Å². The first-order valence-electron chi connectivity index (χ1n) is 9.19. The van der Waals surface area contributed by atoms with Gasteiger partial charge in [-0.3, -0.25) is 9.59 Å². The lowest BCUT2D eigenvalue weighted by Crippen LogP contribution is -2.41. The SMILES string of the molecule is CCC(CO)(COCC(CC)(CO)COC(=O)CCS)COC(=O)CCS. The van der Waals surface area contributed by atoms with Crippen molar-refractivity contribution in [3.63, 3.8) is 0 Å². The Morgan fingerprint density at radius 1 is 0.778 bits per heavy atom. The van der Waals surface area contributed by atoms with Crippen LogP contribution < -0.4 is 0 Å². The van der Waals surface area contributed by atoms with Crippen LogP contribution in [0.3, 0.4) is 0 Å². The van der Waals surface area contributed by atoms with Gasteiger partial charge in [-0.2, -0.15) is 25.3 Å². The molecule has 0 aromatic heterocycles. The van der Waals surface area contributed by atoms with Crippen molar-refractivity contribution >= 4 is 37.2 Å². The van der Waals surface area contributed by atoms with Crippen molar-refractivity contribution < 1.29 is 34.0 Å². The largest absolute Gasteiger partial charge is 0.465 e. The van der Waals surface area contributed by atoms with Gasteiger partial charge in [-0.1, -0.05) is 13.8 Å². The lowest BCUT2D eigenvalue weighted by molar-refractivity contribution is -0.154. The fourth-order valence-corrected chi connectivity index (χ4v) is 2.54. The van der Waals surface area contributed by atoms with Gasteiger partial charge in [-0.05, 0) is 12.8 Å². The summed E-state index contributed by atoms with van der Waals surface area (Å²) in [5.41, 5.74) is -1.44. The fourth-order valence-electron chi connectivity index (χ4n) is 2.18. The van der Waals surface area contributed by atoms with E-state index in [1.165, 1.54) is 0 Å². The molecule has 0 aliphatic carbocycles. The van der Waals surface area contributed by atoms with E-state index in [0.717, 1.165) is 0 Å². The van der Waals surface area contributed by atoms with Crippen LogP contribution in [0.25, 0.3) is 0 Å². The summed E-state index contributed by atoms with van der Waals surface area (Å²) in [6.07, 6.45) is 1.51. The molecule has 2 unspecified atom stereocenters. The minimum absolute atomic E-state index is 0.0434. The number of hydrogen-bond donors (Lipinski definition) is 4. The first kappa shape index (κ1) is 26.5. The third-order valence-corrected chi connectivity index (χ3v) is 5.15. The van der Waals surface area contributed by atoms with Gasteiger partial charge in [0.15, 0.2) is 0 Å². The van der Waals surface area contributed by atoms with Crippen LogP contribution in [0.15, 0.2) is 0 Å². The van der Waals surface area contributed by atoms with Gasteiger partial charge >= 0.3 is 11.9 Å². The Morgan fingerprint density at radius 2 is 1.15 bits per heavy atom. The van der Waals surface area contributed by atoms with E-state index < -0.39 is 10.8 Å². The van der Waals surface area contributed by atoms with E-state index in [-0.39, 0.29) is 64.4 Å². The summed E-state index contributed by atoms with van der Waals surface area (Å²) in [7, 11) is 0. The van der Waals surface area contributed by atoms with Crippen LogP contribution in [0.5, 0.6) is 0 Å². The van der Waals surface area contributed by atoms with Crippen LogP contribution in [-0.4, -0.2) is 73.3 Å². The number of aliphatic hydroxyl groups is 2. The predicted molar refractivity (Wildman–Crippen MR) is 109 cm³/mol. The molecule has 0 bridgehead atoms. The van der Waals surface area contributed by atoms with Crippen molar-refractivity contribution in [1.29, 1.82) is 0 Å². The van der Waals surface area contributed by atoms with E-state index in [9.17, 15) is 19.8 Å². The second kappa shape index (κ2) is 14.5. The summed E-state index contributed by atoms with van der Waals surface area (Å²) < 4.78 is 16.2. The highest BCUT2D eigenvalue weighted by atomic mass is 32.1. The van der Waals surface area contributed by atoms with Crippen molar-refractivity contribution in [2.24, 2.45) is 10.8 Å². The molecule has 0 saturated carbocycles. The number of thiol groups is 2. The number of rotatable bonds is 16. The second-order valence-corrected chi connectivity index (χ2v) is 7.68. The molecule has 0 aromatic rings. The van der Waals surface area contributed by atoms with Gasteiger partial charge < -0.3 is 24.4 Å². The summed E-state index contributed by atoms with van der Waals surface area (Å²) in [5, 5.41) is 19.6. The summed E-state index contributed by atoms with van der Waals surface area (Å²) in [5.74, 6) is 0.0562. The maximum absolute atomic E-state index is 11.6. The first-order valence-corrected chi connectivity index (χ1v) is 10.5. The highest BCUT2D eigenvalue weighted by molar-refractivity contribution is 7.80. The van der Waals surface area contributed by atoms with E-state index in [1.807, 2.05) is 13.8 Å². The van der Waals surface area contributed by atoms with Gasteiger partial charge in [0, 0.05) is 11.5 Å². The van der Waals surface area contributed by atoms with E-state index in [4.69, 9.17) is 14.2 Å². The zero-order valence-corrected chi connectivity index (χ0v) is 18.1. The number of hydrogen-bond acceptors (Lipinski definition) is 9. The van der Waals surface area contributed by atoms with Gasteiger partial charge in [-0.15, -0.1) is 0 Å². The maximum atomic E-state index is 11.6. The second-order valence-electron chi connectivity index (χ2n) is 6.78. The van der Waals surface area contributed by atoms with Gasteiger partial charge in [0.25, 0.3) is 0 Å². The summed E-state index contributed by atoms with van der Waals surface area (Å²) in [6, 6.07) is 0. The third-order valence-electron chi connectivity index (χ3n) is 4.70. The minimum atomic E-state index is -0.718. The molecule has 0 fully saturated rings. The molecule has 27 heavy (non-hydrogen) atoms. The molecular formula is C18H34O7S2. The van der Waals surface area contributed by atoms with E-state index >= 15 is 0 Å². The Labute approximate surface area is 173 Å². The molecule has 0 heterocycles. The Kier molecular flexibility index (Phi) is 14.3. The quantitative estimate of drug-likeness (QED) is 0.219. The Bertz CT molecular complexity index is 386. The molecule has 0 saturated heterocycles. The summed E-state index contributed by atoms with van der Waals surface area (Å²) in [4.78, 5) is 23.1. The fraction of sp³-hybridized carbons (Fsp3) is 0.889. The number of carbonyl (C=O) groups is 2. The van der Waals surface area contributed by atoms with Crippen molar-refractivity contribution in [1.82, 2.24) is 0 Å². The molecule has 0 aromatic carbocycles. The van der Waals surface area contributed by atoms with Crippen LogP contribution in [0.4, 0.5) is 0 Å². The minimum Gasteiger partial charge on any atom is -0.465 e. The average molecular weight is 427 g/mol. The lowest BCUT2D eigenvalue weighted by Gasteiger charge is -2.34. The zero-order valence-electron chi connectivity index (χ0n) is 16.3. The first-order chi connectivity index (χ1) is 12.9. The summed E-state index contributed by atoms with van der Waals surface area (Å²) in [6.45, 7) is 3.75. The van der Waals surface area contributed by atoms with E-state index in [1.54, 1.807) is 0 Å². The Hall–Kier alpha value is -0.480. The molecule has 2 atom stereocenters. The normalized spacial score (nSPS) is 15.6. The maximum Gasteiger partial charge on any atom is 0.306 e. The van der Waals surface area contributed by atoms with Crippen LogP contribution in [-0.2, 0) is 23.8 Å². The molecule has 7 nitrogen and oxygen atoms in total. The highest BCUT2D eigenvalue weighted by Crippen LogP contribution is 2.27. The molecule has 0 spiro atoms. The molecule has 0 rings (SSSR count). The monoisotopic (exact) mass is 426 g/mol. The molecule has 0 amide bonds. The van der Waals surface area contributed by atoms with Gasteiger partial charge in [0.1, 0.15) is 13.2 Å². The van der Waals surface area contributed by atoms with Crippen LogP contribution in [0, 0.1) is 10.8 Å². The topological polar surface area (TPSA) is 102 Å². The number of carbonyl (C=O) groups excluding carboxylic acids is 2. The number of aliphatic hydroxyl groups excluding tert-OH is 2. The number of ether oxygens (including phenoxy) is 3. The highest BCUT2D eigenvalue weighted by Gasteiger charge is 2.34. The zero-order chi connectivity index (χ0) is 20.8. The number of esters is 2. The standard InChI is InChI=1S/C18H34O7S2/c1-3-17(9-19,13-24-15(21)5-7-26)11-23-12-18(4-2,10-20)14-25-16(22)6-8-27/h19-20,26-27H,3-14H2,1-2H3. The lowest BCUT2D eigenvalue weighted by atomic mass is 9.86. The Morgan fingerprint density at radius 3 is 1.41 bits per heavy atom. The molecular weight excluding hydrogens is 392 g/mol. The van der Waals surface area contributed by atoms with Gasteiger partial charge in [-0.25, -0.2) is 0 Å². The Balaban J connectivity index is 4.73. The molecule has 0 radical (unpaired) electrons. The van der Waals surface area contributed by atoms with Gasteiger partial charge in [0.2, 0.25) is 0 Å². The average Bonchev–Trinajstić information content (AvgIpc) is 2.68. The third kappa shape index (κ3) is 10.0. The predicted octanol–water partition coefficient (Wildman–Crippen LogP) is 1.51. The van der Waals surface area contributed by atoms with Crippen LogP contribution >= 0.6 is 25.3 Å². The summed E-state index contributed by atoms with van der Waals surface area (Å²) >= 11 is 7.98. The van der Waals surface area contributed by atoms with Crippen LogP contribution in [0.2, 0.25) is 0 Å². The van der Waals surface area contributed by atoms with Crippen molar-refractivity contribution in [3.8, 4) is 0 Å². The molecule has 160 valence electrons. The van der Waals surface area contributed by atoms with Crippen molar-refractivity contribution in [2.45, 2.75) is 39.5 Å². The smallest absolute Gasteiger partial charge is 0.306 e. The van der Waals surface area contributed by atoms with Crippen LogP contribution in [0.1, 0.15) is 39.5 Å². The van der Waals surface area contributed by atoms with E-state index in [2.05, 4.69) is 25.3 Å². The molecule has 0 aliphatic rings. The van der Waals surface area contributed by atoms with E-state index in [0.29, 0.717) is 24.3 Å². The molecule has 9 heteroatoms. The van der Waals surface area contributed by atoms with Crippen molar-refractivity contribution in [2.75, 3.05) is 51.1 Å².